The third-order valence-corrected chi connectivity index (χ3v) is 4.81. The maximum atomic E-state index is 5.61. The maximum absolute atomic E-state index is 5.61. The summed E-state index contributed by atoms with van der Waals surface area (Å²) in [4.78, 5) is 0. The average Bonchev–Trinajstić information content (AvgIpc) is 2.36. The van der Waals surface area contributed by atoms with Crippen LogP contribution in [-0.2, 0) is 6.42 Å². The van der Waals surface area contributed by atoms with E-state index < -0.39 is 0 Å². The Kier molecular flexibility index (Phi) is 7.19. The van der Waals surface area contributed by atoms with Crippen LogP contribution in [0, 0.1) is 0 Å². The van der Waals surface area contributed by atoms with Crippen molar-refractivity contribution in [2.75, 3.05) is 5.75 Å². The van der Waals surface area contributed by atoms with E-state index in [1.54, 1.807) is 0 Å². The zero-order valence-corrected chi connectivity index (χ0v) is 12.9. The van der Waals surface area contributed by atoms with Crippen molar-refractivity contribution in [1.82, 2.24) is 5.43 Å². The third kappa shape index (κ3) is 5.91. The number of hydrogen-bond donors (Lipinski definition) is 2. The van der Waals surface area contributed by atoms with Crippen LogP contribution in [0.25, 0.3) is 0 Å². The summed E-state index contributed by atoms with van der Waals surface area (Å²) >= 11 is 5.42. The Bertz CT molecular complexity index is 316. The fraction of sp³-hybridized carbons (Fsp3) is 0.538. The molecule has 0 aromatic heterocycles. The highest BCUT2D eigenvalue weighted by atomic mass is 79.9. The van der Waals surface area contributed by atoms with Crippen LogP contribution in [-0.4, -0.2) is 17.0 Å². The lowest BCUT2D eigenvalue weighted by atomic mass is 10.1. The van der Waals surface area contributed by atoms with Gasteiger partial charge in [0.05, 0.1) is 0 Å². The summed E-state index contributed by atoms with van der Waals surface area (Å²) in [6.45, 7) is 4.48. The van der Waals surface area contributed by atoms with Crippen LogP contribution in [0.4, 0.5) is 0 Å². The molecular formula is C13H21BrN2S. The molecule has 0 bridgehead atoms. The second-order valence-corrected chi connectivity index (χ2v) is 6.63. The van der Waals surface area contributed by atoms with Gasteiger partial charge >= 0.3 is 0 Å². The number of benzene rings is 1. The maximum Gasteiger partial charge on any atom is 0.0341 e. The first-order valence-electron chi connectivity index (χ1n) is 5.97. The van der Waals surface area contributed by atoms with Gasteiger partial charge in [-0.15, -0.1) is 0 Å². The number of nitrogens with one attached hydrogen (secondary N) is 1. The van der Waals surface area contributed by atoms with Crippen molar-refractivity contribution < 1.29 is 0 Å². The molecule has 0 aliphatic heterocycles. The van der Waals surface area contributed by atoms with Gasteiger partial charge < -0.3 is 0 Å². The summed E-state index contributed by atoms with van der Waals surface area (Å²) in [7, 11) is 0. The summed E-state index contributed by atoms with van der Waals surface area (Å²) in [5.74, 6) is 6.66. The monoisotopic (exact) mass is 316 g/mol. The second kappa shape index (κ2) is 8.14. The highest BCUT2D eigenvalue weighted by molar-refractivity contribution is 9.10. The molecule has 0 saturated heterocycles. The van der Waals surface area contributed by atoms with Crippen molar-refractivity contribution in [2.45, 2.75) is 38.0 Å². The fourth-order valence-electron chi connectivity index (χ4n) is 1.47. The molecule has 0 aliphatic carbocycles. The van der Waals surface area contributed by atoms with E-state index in [1.807, 2.05) is 11.8 Å². The molecule has 2 nitrogen and oxygen atoms in total. The van der Waals surface area contributed by atoms with E-state index >= 15 is 0 Å². The summed E-state index contributed by atoms with van der Waals surface area (Å²) in [6.07, 6.45) is 2.19. The molecule has 1 aromatic carbocycles. The molecule has 0 saturated carbocycles. The highest BCUT2D eigenvalue weighted by Crippen LogP contribution is 2.17. The Morgan fingerprint density at radius 1 is 1.35 bits per heavy atom. The quantitative estimate of drug-likeness (QED) is 0.598. The normalized spacial score (nSPS) is 14.6. The zero-order chi connectivity index (χ0) is 12.7. The van der Waals surface area contributed by atoms with Gasteiger partial charge in [0.25, 0.3) is 0 Å². The minimum atomic E-state index is 0.343. The van der Waals surface area contributed by atoms with Gasteiger partial charge in [0.1, 0.15) is 0 Å². The standard InChI is InChI=1S/C13H21BrN2S/c1-3-10(2)17-9-13(16-15)8-11-4-6-12(14)7-5-11/h4-7,10,13,16H,3,8-9,15H2,1-2H3. The van der Waals surface area contributed by atoms with Gasteiger partial charge in [-0.3, -0.25) is 11.3 Å². The topological polar surface area (TPSA) is 38.0 Å². The molecule has 3 N–H and O–H groups in total. The lowest BCUT2D eigenvalue weighted by molar-refractivity contribution is 0.574. The van der Waals surface area contributed by atoms with Crippen molar-refractivity contribution in [3.8, 4) is 0 Å². The third-order valence-electron chi connectivity index (χ3n) is 2.79. The van der Waals surface area contributed by atoms with Crippen molar-refractivity contribution in [3.63, 3.8) is 0 Å². The van der Waals surface area contributed by atoms with E-state index in [1.165, 1.54) is 12.0 Å². The highest BCUT2D eigenvalue weighted by Gasteiger charge is 2.09. The molecular weight excluding hydrogens is 296 g/mol. The van der Waals surface area contributed by atoms with Crippen molar-refractivity contribution in [1.29, 1.82) is 0 Å². The molecule has 2 unspecified atom stereocenters. The average molecular weight is 317 g/mol. The second-order valence-electron chi connectivity index (χ2n) is 4.25. The van der Waals surface area contributed by atoms with Crippen molar-refractivity contribution in [2.24, 2.45) is 5.84 Å². The Hall–Kier alpha value is -0.0300. The predicted octanol–water partition coefficient (Wildman–Crippen LogP) is 3.36. The van der Waals surface area contributed by atoms with Gasteiger partial charge in [-0.1, -0.05) is 41.9 Å². The number of hydrazine groups is 1. The summed E-state index contributed by atoms with van der Waals surface area (Å²) in [5.41, 5.74) is 4.23. The molecule has 17 heavy (non-hydrogen) atoms. The Balaban J connectivity index is 2.43. The lowest BCUT2D eigenvalue weighted by Gasteiger charge is -2.17. The van der Waals surface area contributed by atoms with Crippen molar-refractivity contribution >= 4 is 27.7 Å². The lowest BCUT2D eigenvalue weighted by Crippen LogP contribution is -2.39. The van der Waals surface area contributed by atoms with Gasteiger partial charge in [-0.25, -0.2) is 0 Å². The van der Waals surface area contributed by atoms with Crippen molar-refractivity contribution in [3.05, 3.63) is 34.3 Å². The Morgan fingerprint density at radius 3 is 2.53 bits per heavy atom. The first-order valence-corrected chi connectivity index (χ1v) is 7.82. The van der Waals surface area contributed by atoms with Crippen LogP contribution in [0.15, 0.2) is 28.7 Å². The number of nitrogens with two attached hydrogens (primary N) is 1. The largest absolute Gasteiger partial charge is 0.271 e. The fourth-order valence-corrected chi connectivity index (χ4v) is 2.74. The molecule has 0 spiro atoms. The van der Waals surface area contributed by atoms with E-state index in [0.717, 1.165) is 16.6 Å². The van der Waals surface area contributed by atoms with E-state index in [9.17, 15) is 0 Å². The molecule has 4 heteroatoms. The van der Waals surface area contributed by atoms with Crippen LogP contribution < -0.4 is 11.3 Å². The Morgan fingerprint density at radius 2 is 2.00 bits per heavy atom. The number of thioether (sulfide) groups is 1. The first-order chi connectivity index (χ1) is 8.15. The minimum absolute atomic E-state index is 0.343. The molecule has 0 heterocycles. The van der Waals surface area contributed by atoms with E-state index in [2.05, 4.69) is 59.5 Å². The number of rotatable bonds is 7. The molecule has 2 atom stereocenters. The van der Waals surface area contributed by atoms with E-state index in [4.69, 9.17) is 5.84 Å². The van der Waals surface area contributed by atoms with Gasteiger partial charge in [-0.2, -0.15) is 11.8 Å². The van der Waals surface area contributed by atoms with Crippen LogP contribution in [0.1, 0.15) is 25.8 Å². The van der Waals surface area contributed by atoms with Crippen LogP contribution >= 0.6 is 27.7 Å². The SMILES string of the molecule is CCC(C)SCC(Cc1ccc(Br)cc1)NN. The first kappa shape index (κ1) is 15.0. The zero-order valence-electron chi connectivity index (χ0n) is 10.4. The van der Waals surface area contributed by atoms with Gasteiger partial charge in [0, 0.05) is 21.5 Å². The smallest absolute Gasteiger partial charge is 0.0341 e. The molecule has 0 amide bonds. The molecule has 1 aromatic rings. The van der Waals surface area contributed by atoms with Crippen LogP contribution in [0.2, 0.25) is 0 Å². The predicted molar refractivity (Wildman–Crippen MR) is 81.2 cm³/mol. The minimum Gasteiger partial charge on any atom is -0.271 e. The summed E-state index contributed by atoms with van der Waals surface area (Å²) < 4.78 is 1.12. The van der Waals surface area contributed by atoms with Gasteiger partial charge in [0.2, 0.25) is 0 Å². The molecule has 96 valence electrons. The Labute approximate surface area is 117 Å². The van der Waals surface area contributed by atoms with Crippen LogP contribution in [0.5, 0.6) is 0 Å². The summed E-state index contributed by atoms with van der Waals surface area (Å²) in [5, 5.41) is 0.704. The molecule has 1 rings (SSSR count). The molecule has 0 radical (unpaired) electrons. The van der Waals surface area contributed by atoms with E-state index in [0.29, 0.717) is 11.3 Å². The number of hydrogen-bond acceptors (Lipinski definition) is 3. The van der Waals surface area contributed by atoms with E-state index in [-0.39, 0.29) is 0 Å². The molecule has 0 fully saturated rings. The van der Waals surface area contributed by atoms with Gasteiger partial charge in [0.15, 0.2) is 0 Å². The summed E-state index contributed by atoms with van der Waals surface area (Å²) in [6, 6.07) is 8.77. The number of halogens is 1. The van der Waals surface area contributed by atoms with Gasteiger partial charge in [-0.05, 0) is 30.5 Å². The van der Waals surface area contributed by atoms with Crippen LogP contribution in [0.3, 0.4) is 0 Å². The molecule has 0 aliphatic rings.